The summed E-state index contributed by atoms with van der Waals surface area (Å²) in [4.78, 5) is 13.2. The Morgan fingerprint density at radius 3 is 2.23 bits per heavy atom. The molecule has 0 unspecified atom stereocenters. The van der Waals surface area contributed by atoms with E-state index in [-0.39, 0.29) is 26.2 Å². The Balaban J connectivity index is 2.01. The molecule has 6 nitrogen and oxygen atoms in total. The minimum Gasteiger partial charge on any atom is -0.322 e. The lowest BCUT2D eigenvalue weighted by atomic mass is 10.3. The quantitative estimate of drug-likeness (QED) is 0.825. The van der Waals surface area contributed by atoms with Gasteiger partial charge in [-0.05, 0) is 12.1 Å². The maximum atomic E-state index is 13.5. The number of piperazine rings is 1. The number of carbonyl (C=O) groups is 1. The van der Waals surface area contributed by atoms with E-state index in [0.29, 0.717) is 6.07 Å². The van der Waals surface area contributed by atoms with Crippen molar-refractivity contribution < 1.29 is 26.4 Å². The van der Waals surface area contributed by atoms with Gasteiger partial charge in [-0.3, -0.25) is 0 Å². The normalized spacial score (nSPS) is 16.6. The van der Waals surface area contributed by atoms with Crippen LogP contribution in [0, 0.1) is 17.5 Å². The largest absolute Gasteiger partial charge is 0.322 e. The van der Waals surface area contributed by atoms with Crippen molar-refractivity contribution in [2.24, 2.45) is 0 Å². The standard InChI is InChI=1S/C12H14F3N3O3S/c1-22(20,21)18-6-4-17(5-7-18)12(19)16-9-3-2-8(13)10(14)11(9)15/h2-3H,4-7H2,1H3,(H,16,19). The number of sulfonamides is 1. The predicted molar refractivity (Wildman–Crippen MR) is 73.3 cm³/mol. The van der Waals surface area contributed by atoms with E-state index in [9.17, 15) is 26.4 Å². The average Bonchev–Trinajstić information content (AvgIpc) is 2.47. The number of hydrogen-bond acceptors (Lipinski definition) is 3. The van der Waals surface area contributed by atoms with Gasteiger partial charge in [-0.2, -0.15) is 4.31 Å². The van der Waals surface area contributed by atoms with Gasteiger partial charge in [0.1, 0.15) is 0 Å². The molecule has 1 aromatic rings. The number of nitrogens with one attached hydrogen (secondary N) is 1. The lowest BCUT2D eigenvalue weighted by molar-refractivity contribution is 0.184. The van der Waals surface area contributed by atoms with Crippen molar-refractivity contribution in [3.8, 4) is 0 Å². The number of nitrogens with zero attached hydrogens (tertiary/aromatic N) is 2. The third kappa shape index (κ3) is 3.50. The highest BCUT2D eigenvalue weighted by Gasteiger charge is 2.26. The van der Waals surface area contributed by atoms with E-state index in [1.807, 2.05) is 0 Å². The van der Waals surface area contributed by atoms with Gasteiger partial charge in [0.05, 0.1) is 11.9 Å². The molecule has 2 amide bonds. The molecule has 0 saturated carbocycles. The van der Waals surface area contributed by atoms with Crippen molar-refractivity contribution in [3.63, 3.8) is 0 Å². The number of carbonyl (C=O) groups excluding carboxylic acids is 1. The van der Waals surface area contributed by atoms with Crippen molar-refractivity contribution in [2.45, 2.75) is 0 Å². The molecule has 1 aliphatic heterocycles. The molecular formula is C12H14F3N3O3S. The Labute approximate surface area is 125 Å². The Bertz CT molecular complexity index is 688. The van der Waals surface area contributed by atoms with Crippen LogP contribution in [-0.4, -0.2) is 56.1 Å². The summed E-state index contributed by atoms with van der Waals surface area (Å²) < 4.78 is 63.3. The molecule has 0 spiro atoms. The molecule has 0 bridgehead atoms. The molecule has 122 valence electrons. The molecule has 0 aromatic heterocycles. The maximum absolute atomic E-state index is 13.5. The van der Waals surface area contributed by atoms with Crippen molar-refractivity contribution >= 4 is 21.7 Å². The van der Waals surface area contributed by atoms with Crippen molar-refractivity contribution in [3.05, 3.63) is 29.6 Å². The molecule has 0 radical (unpaired) electrons. The fourth-order valence-corrected chi connectivity index (χ4v) is 2.87. The van der Waals surface area contributed by atoms with Gasteiger partial charge in [-0.1, -0.05) is 0 Å². The molecular weight excluding hydrogens is 323 g/mol. The lowest BCUT2D eigenvalue weighted by Gasteiger charge is -2.33. The number of anilines is 1. The zero-order chi connectivity index (χ0) is 16.5. The van der Waals surface area contributed by atoms with Gasteiger partial charge in [0, 0.05) is 26.2 Å². The number of benzene rings is 1. The summed E-state index contributed by atoms with van der Waals surface area (Å²) in [7, 11) is -3.33. The number of amides is 2. The molecule has 0 atom stereocenters. The summed E-state index contributed by atoms with van der Waals surface area (Å²) in [5.41, 5.74) is -0.477. The fourth-order valence-electron chi connectivity index (χ4n) is 2.04. The van der Waals surface area contributed by atoms with Gasteiger partial charge in [0.25, 0.3) is 0 Å². The Kier molecular flexibility index (Phi) is 4.61. The van der Waals surface area contributed by atoms with Crippen LogP contribution < -0.4 is 5.32 Å². The van der Waals surface area contributed by atoms with E-state index in [1.54, 1.807) is 0 Å². The highest BCUT2D eigenvalue weighted by Crippen LogP contribution is 2.20. The van der Waals surface area contributed by atoms with E-state index in [0.717, 1.165) is 12.3 Å². The molecule has 1 aliphatic rings. The van der Waals surface area contributed by atoms with E-state index >= 15 is 0 Å². The highest BCUT2D eigenvalue weighted by atomic mass is 32.2. The fraction of sp³-hybridized carbons (Fsp3) is 0.417. The van der Waals surface area contributed by atoms with Gasteiger partial charge in [0.15, 0.2) is 17.5 Å². The molecule has 10 heteroatoms. The van der Waals surface area contributed by atoms with Crippen molar-refractivity contribution in [1.29, 1.82) is 0 Å². The third-order valence-corrected chi connectivity index (χ3v) is 4.57. The Morgan fingerprint density at radius 1 is 1.09 bits per heavy atom. The summed E-state index contributed by atoms with van der Waals surface area (Å²) in [5.74, 6) is -4.50. The minimum atomic E-state index is -3.33. The second-order valence-corrected chi connectivity index (χ2v) is 6.78. The van der Waals surface area contributed by atoms with E-state index in [1.165, 1.54) is 9.21 Å². The van der Waals surface area contributed by atoms with Crippen LogP contribution in [0.3, 0.4) is 0 Å². The molecule has 1 heterocycles. The summed E-state index contributed by atoms with van der Waals surface area (Å²) in [6, 6.07) is 0.909. The molecule has 1 fully saturated rings. The van der Waals surface area contributed by atoms with Crippen LogP contribution in [-0.2, 0) is 10.0 Å². The third-order valence-electron chi connectivity index (χ3n) is 3.27. The molecule has 22 heavy (non-hydrogen) atoms. The number of hydrogen-bond donors (Lipinski definition) is 1. The number of rotatable bonds is 2. The molecule has 0 aliphatic carbocycles. The first-order valence-corrected chi connectivity index (χ1v) is 8.19. The van der Waals surface area contributed by atoms with Crippen molar-refractivity contribution in [2.75, 3.05) is 37.8 Å². The molecule has 1 saturated heterocycles. The maximum Gasteiger partial charge on any atom is 0.322 e. The van der Waals surface area contributed by atoms with Crippen LogP contribution in [0.15, 0.2) is 12.1 Å². The van der Waals surface area contributed by atoms with E-state index in [4.69, 9.17) is 0 Å². The SMILES string of the molecule is CS(=O)(=O)N1CCN(C(=O)Nc2ccc(F)c(F)c2F)CC1. The van der Waals surface area contributed by atoms with E-state index < -0.39 is 39.2 Å². The first-order chi connectivity index (χ1) is 10.2. The lowest BCUT2D eigenvalue weighted by Crippen LogP contribution is -2.51. The monoisotopic (exact) mass is 337 g/mol. The van der Waals surface area contributed by atoms with Gasteiger partial charge < -0.3 is 10.2 Å². The van der Waals surface area contributed by atoms with Gasteiger partial charge in [0.2, 0.25) is 10.0 Å². The van der Waals surface area contributed by atoms with Crippen LogP contribution in [0.5, 0.6) is 0 Å². The number of halogens is 3. The molecule has 2 rings (SSSR count). The first kappa shape index (κ1) is 16.6. The van der Waals surface area contributed by atoms with Crippen LogP contribution in [0.4, 0.5) is 23.7 Å². The summed E-state index contributed by atoms with van der Waals surface area (Å²) in [6.07, 6.45) is 1.07. The summed E-state index contributed by atoms with van der Waals surface area (Å²) in [5, 5.41) is 2.14. The number of urea groups is 1. The van der Waals surface area contributed by atoms with Crippen LogP contribution >= 0.6 is 0 Å². The van der Waals surface area contributed by atoms with Gasteiger partial charge in [-0.25, -0.2) is 26.4 Å². The smallest absolute Gasteiger partial charge is 0.322 e. The topological polar surface area (TPSA) is 69.7 Å². The molecule has 1 N–H and O–H groups in total. The predicted octanol–water partition coefficient (Wildman–Crippen LogP) is 1.21. The second kappa shape index (κ2) is 6.13. The Hall–Kier alpha value is -1.81. The van der Waals surface area contributed by atoms with Crippen molar-refractivity contribution in [1.82, 2.24) is 9.21 Å². The van der Waals surface area contributed by atoms with Crippen LogP contribution in [0.25, 0.3) is 0 Å². The average molecular weight is 337 g/mol. The summed E-state index contributed by atoms with van der Waals surface area (Å²) in [6.45, 7) is 0.466. The van der Waals surface area contributed by atoms with Gasteiger partial charge in [-0.15, -0.1) is 0 Å². The van der Waals surface area contributed by atoms with E-state index in [2.05, 4.69) is 5.32 Å². The van der Waals surface area contributed by atoms with Gasteiger partial charge >= 0.3 is 6.03 Å². The zero-order valence-corrected chi connectivity index (χ0v) is 12.5. The minimum absolute atomic E-state index is 0.115. The zero-order valence-electron chi connectivity index (χ0n) is 11.6. The Morgan fingerprint density at radius 2 is 1.68 bits per heavy atom. The summed E-state index contributed by atoms with van der Waals surface area (Å²) >= 11 is 0. The molecule has 1 aromatic carbocycles. The van der Waals surface area contributed by atoms with Crippen LogP contribution in [0.2, 0.25) is 0 Å². The second-order valence-electron chi connectivity index (χ2n) is 4.80. The van der Waals surface area contributed by atoms with Crippen LogP contribution in [0.1, 0.15) is 0 Å². The first-order valence-electron chi connectivity index (χ1n) is 6.34. The highest BCUT2D eigenvalue weighted by molar-refractivity contribution is 7.88.